The lowest BCUT2D eigenvalue weighted by Crippen LogP contribution is -2.46. The van der Waals surface area contributed by atoms with E-state index >= 15 is 0 Å². The Bertz CT molecular complexity index is 470. The van der Waals surface area contributed by atoms with Crippen LogP contribution >= 0.6 is 0 Å². The van der Waals surface area contributed by atoms with Gasteiger partial charge in [0.05, 0.1) is 17.7 Å². The van der Waals surface area contributed by atoms with Gasteiger partial charge in [0.1, 0.15) is 0 Å². The number of nitrogens with one attached hydrogen (secondary N) is 1. The Labute approximate surface area is 108 Å². The van der Waals surface area contributed by atoms with Crippen LogP contribution in [0.1, 0.15) is 54.5 Å². The molecule has 0 atom stereocenters. The van der Waals surface area contributed by atoms with E-state index in [1.165, 1.54) is 12.8 Å². The molecule has 1 heterocycles. The molecule has 18 heavy (non-hydrogen) atoms. The van der Waals surface area contributed by atoms with E-state index in [0.29, 0.717) is 6.04 Å². The van der Waals surface area contributed by atoms with Crippen molar-refractivity contribution in [1.82, 2.24) is 9.88 Å². The van der Waals surface area contributed by atoms with Gasteiger partial charge in [-0.1, -0.05) is 0 Å². The zero-order valence-corrected chi connectivity index (χ0v) is 11.6. The Kier molecular flexibility index (Phi) is 3.23. The number of amides is 1. The second-order valence-corrected chi connectivity index (χ2v) is 5.88. The molecule has 0 saturated heterocycles. The van der Waals surface area contributed by atoms with Crippen LogP contribution in [0.5, 0.6) is 0 Å². The van der Waals surface area contributed by atoms with Crippen molar-refractivity contribution >= 4 is 5.91 Å². The maximum atomic E-state index is 12.2. The lowest BCUT2D eigenvalue weighted by atomic mass is 10.1. The van der Waals surface area contributed by atoms with Crippen molar-refractivity contribution in [3.8, 4) is 0 Å². The van der Waals surface area contributed by atoms with Gasteiger partial charge in [0.2, 0.25) is 0 Å². The van der Waals surface area contributed by atoms with Crippen molar-refractivity contribution in [1.29, 1.82) is 0 Å². The predicted molar refractivity (Wildman–Crippen MR) is 70.8 cm³/mol. The summed E-state index contributed by atoms with van der Waals surface area (Å²) in [5.41, 5.74) is 2.31. The van der Waals surface area contributed by atoms with Gasteiger partial charge in [-0.05, 0) is 46.6 Å². The van der Waals surface area contributed by atoms with Gasteiger partial charge in [-0.3, -0.25) is 4.79 Å². The third-order valence-electron chi connectivity index (χ3n) is 3.49. The molecule has 0 radical (unpaired) electrons. The van der Waals surface area contributed by atoms with E-state index in [4.69, 9.17) is 0 Å². The third-order valence-corrected chi connectivity index (χ3v) is 3.49. The monoisotopic (exact) mass is 250 g/mol. The van der Waals surface area contributed by atoms with E-state index in [9.17, 15) is 9.90 Å². The number of aliphatic hydroxyl groups excluding tert-OH is 1. The predicted octanol–water partition coefficient (Wildman–Crippen LogP) is 1.94. The summed E-state index contributed by atoms with van der Waals surface area (Å²) in [7, 11) is 0. The van der Waals surface area contributed by atoms with Crippen LogP contribution in [-0.4, -0.2) is 27.7 Å². The molecule has 1 aromatic rings. The maximum absolute atomic E-state index is 12.2. The summed E-state index contributed by atoms with van der Waals surface area (Å²) < 4.78 is 2.25. The van der Waals surface area contributed by atoms with Crippen LogP contribution in [0, 0.1) is 13.8 Å². The number of rotatable bonds is 4. The summed E-state index contributed by atoms with van der Waals surface area (Å²) in [5, 5.41) is 12.1. The molecule has 2 N–H and O–H groups in total. The van der Waals surface area contributed by atoms with Crippen LogP contribution < -0.4 is 5.32 Å². The van der Waals surface area contributed by atoms with Crippen LogP contribution in [0.15, 0.2) is 6.07 Å². The fraction of sp³-hybridized carbons (Fsp3) is 0.643. The molecule has 1 amide bonds. The van der Waals surface area contributed by atoms with Crippen molar-refractivity contribution in [3.05, 3.63) is 23.0 Å². The highest BCUT2D eigenvalue weighted by molar-refractivity contribution is 5.96. The van der Waals surface area contributed by atoms with Crippen LogP contribution in [0.25, 0.3) is 0 Å². The minimum absolute atomic E-state index is 0.0693. The largest absolute Gasteiger partial charge is 0.394 e. The molecule has 1 aliphatic carbocycles. The molecule has 1 fully saturated rings. The molecule has 4 nitrogen and oxygen atoms in total. The van der Waals surface area contributed by atoms with Gasteiger partial charge in [0, 0.05) is 17.4 Å². The number of aromatic nitrogens is 1. The topological polar surface area (TPSA) is 54.3 Å². The molecule has 0 bridgehead atoms. The Morgan fingerprint density at radius 1 is 1.50 bits per heavy atom. The first-order valence-corrected chi connectivity index (χ1v) is 6.47. The number of aryl methyl sites for hydroxylation is 1. The van der Waals surface area contributed by atoms with Crippen molar-refractivity contribution < 1.29 is 9.90 Å². The van der Waals surface area contributed by atoms with E-state index in [2.05, 4.69) is 9.88 Å². The highest BCUT2D eigenvalue weighted by Crippen LogP contribution is 2.38. The lowest BCUT2D eigenvalue weighted by Gasteiger charge is -2.23. The number of carbonyl (C=O) groups excluding carboxylic acids is 1. The number of hydrogen-bond acceptors (Lipinski definition) is 2. The average molecular weight is 250 g/mol. The van der Waals surface area contributed by atoms with Crippen molar-refractivity contribution in [3.63, 3.8) is 0 Å². The molecule has 4 heteroatoms. The van der Waals surface area contributed by atoms with Gasteiger partial charge in [-0.25, -0.2) is 0 Å². The second kappa shape index (κ2) is 4.43. The number of carbonyl (C=O) groups is 1. The van der Waals surface area contributed by atoms with Crippen molar-refractivity contribution in [2.24, 2.45) is 0 Å². The quantitative estimate of drug-likeness (QED) is 0.858. The zero-order chi connectivity index (χ0) is 13.5. The third kappa shape index (κ3) is 2.43. The van der Waals surface area contributed by atoms with Gasteiger partial charge >= 0.3 is 0 Å². The van der Waals surface area contributed by atoms with Crippen molar-refractivity contribution in [2.75, 3.05) is 6.61 Å². The minimum atomic E-state index is -0.584. The van der Waals surface area contributed by atoms with Gasteiger partial charge < -0.3 is 15.0 Å². The average Bonchev–Trinajstić information content (AvgIpc) is 3.05. The van der Waals surface area contributed by atoms with Crippen LogP contribution in [-0.2, 0) is 0 Å². The number of hydrogen-bond donors (Lipinski definition) is 2. The summed E-state index contributed by atoms with van der Waals surface area (Å²) in [5.74, 6) is -0.103. The van der Waals surface area contributed by atoms with E-state index in [1.54, 1.807) is 0 Å². The van der Waals surface area contributed by atoms with Gasteiger partial charge in [-0.2, -0.15) is 0 Å². The summed E-state index contributed by atoms with van der Waals surface area (Å²) >= 11 is 0. The SMILES string of the molecule is Cc1cc(C(=O)NC(C)(C)CO)c(C)n1C1CC1. The Morgan fingerprint density at radius 2 is 2.11 bits per heavy atom. The molecular weight excluding hydrogens is 228 g/mol. The molecular formula is C14H22N2O2. The molecule has 0 unspecified atom stereocenters. The van der Waals surface area contributed by atoms with Gasteiger partial charge in [0.25, 0.3) is 5.91 Å². The van der Waals surface area contributed by atoms with E-state index in [-0.39, 0.29) is 12.5 Å². The fourth-order valence-electron chi connectivity index (χ4n) is 2.32. The Balaban J connectivity index is 2.23. The van der Waals surface area contributed by atoms with Crippen LogP contribution in [0.2, 0.25) is 0 Å². The molecule has 1 aromatic heterocycles. The van der Waals surface area contributed by atoms with E-state index < -0.39 is 5.54 Å². The molecule has 1 saturated carbocycles. The Hall–Kier alpha value is -1.29. The van der Waals surface area contributed by atoms with Crippen LogP contribution in [0.3, 0.4) is 0 Å². The highest BCUT2D eigenvalue weighted by Gasteiger charge is 2.29. The highest BCUT2D eigenvalue weighted by atomic mass is 16.3. The molecule has 100 valence electrons. The van der Waals surface area contributed by atoms with Crippen molar-refractivity contribution in [2.45, 2.75) is 52.1 Å². The zero-order valence-electron chi connectivity index (χ0n) is 11.6. The number of nitrogens with zero attached hydrogens (tertiary/aromatic N) is 1. The number of aliphatic hydroxyl groups is 1. The molecule has 0 aromatic carbocycles. The summed E-state index contributed by atoms with van der Waals surface area (Å²) in [6, 6.07) is 2.52. The first-order valence-electron chi connectivity index (χ1n) is 6.47. The summed E-state index contributed by atoms with van der Waals surface area (Å²) in [6.45, 7) is 7.58. The fourth-order valence-corrected chi connectivity index (χ4v) is 2.32. The maximum Gasteiger partial charge on any atom is 0.253 e. The Morgan fingerprint density at radius 3 is 2.61 bits per heavy atom. The van der Waals surface area contributed by atoms with Gasteiger partial charge in [-0.15, -0.1) is 0 Å². The second-order valence-electron chi connectivity index (χ2n) is 5.88. The summed E-state index contributed by atoms with van der Waals surface area (Å²) in [4.78, 5) is 12.2. The van der Waals surface area contributed by atoms with Crippen LogP contribution in [0.4, 0.5) is 0 Å². The van der Waals surface area contributed by atoms with E-state index in [0.717, 1.165) is 17.0 Å². The molecule has 0 spiro atoms. The molecule has 1 aliphatic rings. The normalized spacial score (nSPS) is 15.8. The summed E-state index contributed by atoms with van der Waals surface area (Å²) in [6.07, 6.45) is 2.42. The minimum Gasteiger partial charge on any atom is -0.394 e. The lowest BCUT2D eigenvalue weighted by molar-refractivity contribution is 0.0868. The molecule has 0 aliphatic heterocycles. The molecule has 2 rings (SSSR count). The smallest absolute Gasteiger partial charge is 0.253 e. The van der Waals surface area contributed by atoms with Gasteiger partial charge in [0.15, 0.2) is 0 Å². The first-order chi connectivity index (χ1) is 8.35. The van der Waals surface area contributed by atoms with E-state index in [1.807, 2.05) is 33.8 Å². The first kappa shape index (κ1) is 13.1. The standard InChI is InChI=1S/C14H22N2O2/c1-9-7-12(10(2)16(9)11-5-6-11)13(18)15-14(3,4)8-17/h7,11,17H,5-6,8H2,1-4H3,(H,15,18).